The van der Waals surface area contributed by atoms with E-state index in [0.29, 0.717) is 11.3 Å². The number of nitrogens with zero attached hydrogens (tertiary/aromatic N) is 2. The van der Waals surface area contributed by atoms with Crippen molar-refractivity contribution in [3.63, 3.8) is 0 Å². The molecule has 0 bridgehead atoms. The summed E-state index contributed by atoms with van der Waals surface area (Å²) in [5.74, 6) is -0.150. The van der Waals surface area contributed by atoms with Gasteiger partial charge in [0, 0.05) is 11.6 Å². The van der Waals surface area contributed by atoms with Crippen LogP contribution in [-0.4, -0.2) is 31.2 Å². The van der Waals surface area contributed by atoms with E-state index in [1.54, 1.807) is 30.5 Å². The van der Waals surface area contributed by atoms with E-state index < -0.39 is 5.82 Å². The number of hydrogen-bond donors (Lipinski definition) is 1. The topological polar surface area (TPSA) is 78.5 Å². The van der Waals surface area contributed by atoms with Crippen LogP contribution in [0, 0.1) is 22.6 Å². The monoisotopic (exact) mass is 371 g/mol. The third-order valence-corrected chi connectivity index (χ3v) is 4.25. The van der Waals surface area contributed by atoms with Crippen LogP contribution in [-0.2, 0) is 6.54 Å². The van der Waals surface area contributed by atoms with Crippen molar-refractivity contribution in [3.8, 4) is 17.6 Å². The molecule has 2 rings (SSSR count). The number of benzene rings is 2. The summed E-state index contributed by atoms with van der Waals surface area (Å²) in [5, 5.41) is 17.1. The number of aliphatic imine (C=N–C) groups is 1. The SMILES string of the molecule is COc1cc(OC)c(F)c(/C(=N\Cc2ccc(C#N)cc2)C(=N)SC)c1. The molecule has 0 radical (unpaired) electrons. The standard InChI is InChI=1S/C19H18FN3O2S/c1-24-14-8-15(17(20)16(9-14)25-2)18(19(22)26-3)23-11-13-6-4-12(10-21)5-7-13/h4-9,22H,11H2,1-3H3/b22-19?,23-18+. The number of thioether (sulfide) groups is 1. The lowest BCUT2D eigenvalue weighted by Crippen LogP contribution is -2.14. The van der Waals surface area contributed by atoms with Crippen molar-refractivity contribution in [3.05, 3.63) is 58.9 Å². The van der Waals surface area contributed by atoms with Crippen LogP contribution in [0.5, 0.6) is 11.5 Å². The van der Waals surface area contributed by atoms with Gasteiger partial charge in [0.25, 0.3) is 0 Å². The van der Waals surface area contributed by atoms with Gasteiger partial charge in [0.1, 0.15) is 10.8 Å². The van der Waals surface area contributed by atoms with Crippen LogP contribution in [0.2, 0.25) is 0 Å². The Bertz CT molecular complexity index is 874. The Kier molecular flexibility index (Phi) is 6.75. The zero-order valence-corrected chi connectivity index (χ0v) is 15.5. The third kappa shape index (κ3) is 4.41. The van der Waals surface area contributed by atoms with Crippen LogP contribution in [0.1, 0.15) is 16.7 Å². The van der Waals surface area contributed by atoms with Crippen LogP contribution in [0.3, 0.4) is 0 Å². The van der Waals surface area contributed by atoms with E-state index in [1.807, 2.05) is 0 Å². The summed E-state index contributed by atoms with van der Waals surface area (Å²) >= 11 is 1.17. The van der Waals surface area contributed by atoms with Crippen molar-refractivity contribution in [1.29, 1.82) is 10.7 Å². The van der Waals surface area contributed by atoms with E-state index in [2.05, 4.69) is 11.1 Å². The van der Waals surface area contributed by atoms with Gasteiger partial charge in [-0.1, -0.05) is 12.1 Å². The molecule has 0 aliphatic heterocycles. The van der Waals surface area contributed by atoms with Crippen molar-refractivity contribution in [1.82, 2.24) is 0 Å². The molecular weight excluding hydrogens is 353 g/mol. The average molecular weight is 371 g/mol. The lowest BCUT2D eigenvalue weighted by molar-refractivity contribution is 0.373. The smallest absolute Gasteiger partial charge is 0.174 e. The van der Waals surface area contributed by atoms with Gasteiger partial charge in [0.05, 0.1) is 38.1 Å². The summed E-state index contributed by atoms with van der Waals surface area (Å²) in [6.45, 7) is 0.253. The Balaban J connectivity index is 2.47. The average Bonchev–Trinajstić information content (AvgIpc) is 2.69. The van der Waals surface area contributed by atoms with Gasteiger partial charge in [-0.25, -0.2) is 4.39 Å². The number of ether oxygens (including phenoxy) is 2. The number of halogens is 1. The van der Waals surface area contributed by atoms with Crippen molar-refractivity contribution >= 4 is 22.5 Å². The van der Waals surface area contributed by atoms with Crippen LogP contribution < -0.4 is 9.47 Å². The van der Waals surface area contributed by atoms with Crippen LogP contribution in [0.15, 0.2) is 41.4 Å². The molecule has 0 aromatic heterocycles. The molecule has 26 heavy (non-hydrogen) atoms. The number of rotatable bonds is 6. The molecule has 0 fully saturated rings. The molecule has 0 unspecified atom stereocenters. The molecule has 0 saturated carbocycles. The fraction of sp³-hybridized carbons (Fsp3) is 0.211. The maximum atomic E-state index is 14.8. The normalized spacial score (nSPS) is 11.0. The van der Waals surface area contributed by atoms with Gasteiger partial charge in [-0.2, -0.15) is 5.26 Å². The predicted octanol–water partition coefficient (Wildman–Crippen LogP) is 4.04. The van der Waals surface area contributed by atoms with Crippen LogP contribution in [0.25, 0.3) is 0 Å². The van der Waals surface area contributed by atoms with Gasteiger partial charge in [0.2, 0.25) is 0 Å². The van der Waals surface area contributed by atoms with Crippen LogP contribution in [0.4, 0.5) is 4.39 Å². The first kappa shape index (κ1) is 19.5. The Morgan fingerprint density at radius 3 is 2.46 bits per heavy atom. The minimum absolute atomic E-state index is 0.0272. The highest BCUT2D eigenvalue weighted by atomic mass is 32.2. The summed E-state index contributed by atoms with van der Waals surface area (Å²) < 4.78 is 25.0. The highest BCUT2D eigenvalue weighted by Gasteiger charge is 2.19. The second kappa shape index (κ2) is 9.02. The lowest BCUT2D eigenvalue weighted by atomic mass is 10.1. The van der Waals surface area contributed by atoms with E-state index in [-0.39, 0.29) is 28.6 Å². The third-order valence-electron chi connectivity index (χ3n) is 3.65. The zero-order valence-electron chi connectivity index (χ0n) is 14.7. The highest BCUT2D eigenvalue weighted by molar-refractivity contribution is 8.15. The molecular formula is C19H18FN3O2S. The number of hydrogen-bond acceptors (Lipinski definition) is 6. The van der Waals surface area contributed by atoms with Gasteiger partial charge in [-0.15, -0.1) is 11.8 Å². The summed E-state index contributed by atoms with van der Waals surface area (Å²) in [6, 6.07) is 12.0. The lowest BCUT2D eigenvalue weighted by Gasteiger charge is -2.13. The van der Waals surface area contributed by atoms with Gasteiger partial charge < -0.3 is 9.47 Å². The number of nitrogens with one attached hydrogen (secondary N) is 1. The molecule has 0 saturated heterocycles. The fourth-order valence-electron chi connectivity index (χ4n) is 2.24. The summed E-state index contributed by atoms with van der Waals surface area (Å²) in [5.41, 5.74) is 1.77. The van der Waals surface area contributed by atoms with Crippen molar-refractivity contribution < 1.29 is 13.9 Å². The maximum absolute atomic E-state index is 14.8. The fourth-order valence-corrected chi connectivity index (χ4v) is 2.61. The summed E-state index contributed by atoms with van der Waals surface area (Å²) in [4.78, 5) is 4.44. The molecule has 5 nitrogen and oxygen atoms in total. The van der Waals surface area contributed by atoms with Gasteiger partial charge >= 0.3 is 0 Å². The molecule has 0 aliphatic rings. The van der Waals surface area contributed by atoms with E-state index in [1.165, 1.54) is 38.1 Å². The molecule has 0 atom stereocenters. The van der Waals surface area contributed by atoms with Crippen molar-refractivity contribution in [2.24, 2.45) is 4.99 Å². The molecule has 2 aromatic rings. The molecule has 0 spiro atoms. The second-order valence-corrected chi connectivity index (χ2v) is 6.01. The van der Waals surface area contributed by atoms with E-state index in [9.17, 15) is 4.39 Å². The first-order chi connectivity index (χ1) is 12.5. The van der Waals surface area contributed by atoms with E-state index in [0.717, 1.165) is 5.56 Å². The van der Waals surface area contributed by atoms with E-state index >= 15 is 0 Å². The summed E-state index contributed by atoms with van der Waals surface area (Å²) in [6.07, 6.45) is 1.73. The molecule has 0 heterocycles. The zero-order chi connectivity index (χ0) is 19.1. The molecule has 0 amide bonds. The van der Waals surface area contributed by atoms with Gasteiger partial charge in [0.15, 0.2) is 11.6 Å². The van der Waals surface area contributed by atoms with Crippen LogP contribution >= 0.6 is 11.8 Å². The number of methoxy groups -OCH3 is 2. The Hall–Kier alpha value is -2.85. The predicted molar refractivity (Wildman–Crippen MR) is 102 cm³/mol. The Morgan fingerprint density at radius 1 is 1.23 bits per heavy atom. The second-order valence-electron chi connectivity index (χ2n) is 5.20. The molecule has 0 aliphatic carbocycles. The molecule has 7 heteroatoms. The minimum atomic E-state index is -0.592. The molecule has 2 aromatic carbocycles. The summed E-state index contributed by atoms with van der Waals surface area (Å²) in [7, 11) is 2.85. The first-order valence-electron chi connectivity index (χ1n) is 7.62. The van der Waals surface area contributed by atoms with Crippen molar-refractivity contribution in [2.75, 3.05) is 20.5 Å². The quantitative estimate of drug-likeness (QED) is 0.614. The maximum Gasteiger partial charge on any atom is 0.174 e. The van der Waals surface area contributed by atoms with Gasteiger partial charge in [-0.3, -0.25) is 10.4 Å². The largest absolute Gasteiger partial charge is 0.497 e. The van der Waals surface area contributed by atoms with E-state index in [4.69, 9.17) is 20.1 Å². The number of nitriles is 1. The van der Waals surface area contributed by atoms with Crippen molar-refractivity contribution in [2.45, 2.75) is 6.54 Å². The van der Waals surface area contributed by atoms with Gasteiger partial charge in [-0.05, 0) is 30.0 Å². The molecule has 1 N–H and O–H groups in total. The Morgan fingerprint density at radius 2 is 1.92 bits per heavy atom. The minimum Gasteiger partial charge on any atom is -0.497 e. The first-order valence-corrected chi connectivity index (χ1v) is 8.84. The Labute approximate surface area is 156 Å². The molecule has 134 valence electrons. The highest BCUT2D eigenvalue weighted by Crippen LogP contribution is 2.29.